The number of ether oxygens (including phenoxy) is 2. The molecule has 26 heavy (non-hydrogen) atoms. The van der Waals surface area contributed by atoms with Crippen LogP contribution in [0.2, 0.25) is 0 Å². The minimum absolute atomic E-state index is 0.0185. The molecule has 5 heteroatoms. The van der Waals surface area contributed by atoms with E-state index in [4.69, 9.17) is 9.47 Å². The Morgan fingerprint density at radius 3 is 2.12 bits per heavy atom. The molecule has 0 fully saturated rings. The van der Waals surface area contributed by atoms with Gasteiger partial charge in [-0.3, -0.25) is 4.79 Å². The van der Waals surface area contributed by atoms with Crippen molar-refractivity contribution in [2.75, 3.05) is 6.61 Å². The topological polar surface area (TPSA) is 64.6 Å². The van der Waals surface area contributed by atoms with Gasteiger partial charge in [-0.05, 0) is 38.5 Å². The normalized spacial score (nSPS) is 12.3. The van der Waals surface area contributed by atoms with Gasteiger partial charge in [0.2, 0.25) is 6.10 Å². The Hall–Kier alpha value is -2.66. The molecule has 2 aromatic rings. The molecule has 0 bridgehead atoms. The van der Waals surface area contributed by atoms with E-state index in [9.17, 15) is 9.59 Å². The highest BCUT2D eigenvalue weighted by Crippen LogP contribution is 2.09. The van der Waals surface area contributed by atoms with Crippen LogP contribution in [0.5, 0.6) is 0 Å². The van der Waals surface area contributed by atoms with Crippen molar-refractivity contribution < 1.29 is 19.1 Å². The van der Waals surface area contributed by atoms with Gasteiger partial charge in [-0.1, -0.05) is 48.5 Å². The Labute approximate surface area is 154 Å². The average molecular weight is 355 g/mol. The lowest BCUT2D eigenvalue weighted by molar-refractivity contribution is -0.135. The Balaban J connectivity index is 2.01. The molecule has 1 unspecified atom stereocenters. The van der Waals surface area contributed by atoms with Crippen molar-refractivity contribution in [3.63, 3.8) is 0 Å². The third kappa shape index (κ3) is 6.69. The first-order valence-electron chi connectivity index (χ1n) is 8.55. The molecular weight excluding hydrogens is 330 g/mol. The van der Waals surface area contributed by atoms with Gasteiger partial charge in [0.15, 0.2) is 0 Å². The van der Waals surface area contributed by atoms with Gasteiger partial charge in [-0.25, -0.2) is 4.79 Å². The zero-order valence-electron chi connectivity index (χ0n) is 15.4. The van der Waals surface area contributed by atoms with Crippen LogP contribution in [-0.4, -0.2) is 30.1 Å². The van der Waals surface area contributed by atoms with E-state index in [-0.39, 0.29) is 12.5 Å². The van der Waals surface area contributed by atoms with Gasteiger partial charge in [0.05, 0.1) is 18.8 Å². The van der Waals surface area contributed by atoms with E-state index in [1.54, 1.807) is 24.3 Å². The van der Waals surface area contributed by atoms with E-state index in [0.717, 1.165) is 5.56 Å². The fourth-order valence-corrected chi connectivity index (χ4v) is 2.24. The molecule has 1 N–H and O–H groups in total. The summed E-state index contributed by atoms with van der Waals surface area (Å²) in [6, 6.07) is 18.2. The first-order chi connectivity index (χ1) is 12.3. The van der Waals surface area contributed by atoms with Crippen molar-refractivity contribution >= 4 is 11.9 Å². The molecule has 5 nitrogen and oxygen atoms in total. The lowest BCUT2D eigenvalue weighted by atomic mass is 10.1. The van der Waals surface area contributed by atoms with Crippen LogP contribution in [0.3, 0.4) is 0 Å². The summed E-state index contributed by atoms with van der Waals surface area (Å²) < 4.78 is 11.0. The molecule has 2 rings (SSSR count). The van der Waals surface area contributed by atoms with E-state index < -0.39 is 17.6 Å². The van der Waals surface area contributed by atoms with Crippen molar-refractivity contribution in [3.8, 4) is 0 Å². The molecule has 0 aromatic heterocycles. The third-order valence-electron chi connectivity index (χ3n) is 3.43. The van der Waals surface area contributed by atoms with Crippen LogP contribution in [-0.2, 0) is 20.9 Å². The maximum Gasteiger partial charge on any atom is 0.338 e. The van der Waals surface area contributed by atoms with Gasteiger partial charge in [-0.15, -0.1) is 0 Å². The van der Waals surface area contributed by atoms with E-state index in [1.165, 1.54) is 0 Å². The molecule has 0 aliphatic heterocycles. The minimum Gasteiger partial charge on any atom is -0.446 e. The van der Waals surface area contributed by atoms with Crippen LogP contribution in [0.25, 0.3) is 0 Å². The fraction of sp³-hybridized carbons (Fsp3) is 0.333. The molecule has 1 amide bonds. The van der Waals surface area contributed by atoms with Crippen LogP contribution in [0.4, 0.5) is 0 Å². The van der Waals surface area contributed by atoms with Gasteiger partial charge in [0, 0.05) is 5.54 Å². The highest BCUT2D eigenvalue weighted by atomic mass is 16.6. The monoisotopic (exact) mass is 355 g/mol. The third-order valence-corrected chi connectivity index (χ3v) is 3.43. The molecule has 1 atom stereocenters. The number of rotatable bonds is 7. The number of hydrogen-bond donors (Lipinski definition) is 1. The van der Waals surface area contributed by atoms with Gasteiger partial charge in [-0.2, -0.15) is 0 Å². The number of carbonyl (C=O) groups excluding carboxylic acids is 2. The first-order valence-corrected chi connectivity index (χ1v) is 8.55. The van der Waals surface area contributed by atoms with Crippen molar-refractivity contribution in [2.24, 2.45) is 0 Å². The molecule has 0 saturated heterocycles. The summed E-state index contributed by atoms with van der Waals surface area (Å²) in [4.78, 5) is 24.8. The van der Waals surface area contributed by atoms with Gasteiger partial charge in [0.1, 0.15) is 0 Å². The maximum absolute atomic E-state index is 12.5. The minimum atomic E-state index is -1.02. The second-order valence-corrected chi connectivity index (χ2v) is 7.00. The van der Waals surface area contributed by atoms with Gasteiger partial charge < -0.3 is 14.8 Å². The van der Waals surface area contributed by atoms with Crippen molar-refractivity contribution in [1.29, 1.82) is 0 Å². The highest BCUT2D eigenvalue weighted by Gasteiger charge is 2.27. The Morgan fingerprint density at radius 2 is 1.54 bits per heavy atom. The van der Waals surface area contributed by atoms with Crippen LogP contribution < -0.4 is 5.32 Å². The summed E-state index contributed by atoms with van der Waals surface area (Å²) in [5.74, 6) is -0.933. The molecule has 0 radical (unpaired) electrons. The number of hydrogen-bond acceptors (Lipinski definition) is 4. The number of esters is 1. The van der Waals surface area contributed by atoms with Crippen molar-refractivity contribution in [1.82, 2.24) is 5.32 Å². The molecule has 0 heterocycles. The Morgan fingerprint density at radius 1 is 0.962 bits per heavy atom. The summed E-state index contributed by atoms with van der Waals surface area (Å²) in [7, 11) is 0. The predicted molar refractivity (Wildman–Crippen MR) is 99.6 cm³/mol. The van der Waals surface area contributed by atoms with E-state index in [2.05, 4.69) is 5.32 Å². The summed E-state index contributed by atoms with van der Waals surface area (Å²) >= 11 is 0. The number of benzene rings is 2. The smallest absolute Gasteiger partial charge is 0.338 e. The SMILES string of the molecule is CC(C)(C)NC(=O)C(COCc1ccccc1)OC(=O)c1ccccc1. The molecular formula is C21H25NO4. The first kappa shape index (κ1) is 19.7. The van der Waals surface area contributed by atoms with Crippen molar-refractivity contribution in [2.45, 2.75) is 39.0 Å². The summed E-state index contributed by atoms with van der Waals surface area (Å²) in [6.07, 6.45) is -1.02. The zero-order chi connectivity index (χ0) is 19.0. The highest BCUT2D eigenvalue weighted by molar-refractivity contribution is 5.92. The predicted octanol–water partition coefficient (Wildman–Crippen LogP) is 3.34. The van der Waals surface area contributed by atoms with E-state index >= 15 is 0 Å². The molecule has 0 saturated carbocycles. The number of amides is 1. The van der Waals surface area contributed by atoms with Gasteiger partial charge in [0.25, 0.3) is 5.91 Å². The lowest BCUT2D eigenvalue weighted by Crippen LogP contribution is -2.48. The average Bonchev–Trinajstić information content (AvgIpc) is 2.61. The summed E-state index contributed by atoms with van der Waals surface area (Å²) in [6.45, 7) is 5.92. The van der Waals surface area contributed by atoms with Crippen LogP contribution in [0.15, 0.2) is 60.7 Å². The fourth-order valence-electron chi connectivity index (χ4n) is 2.24. The standard InChI is InChI=1S/C21H25NO4/c1-21(2,3)22-19(23)18(15-25-14-16-10-6-4-7-11-16)26-20(24)17-12-8-5-9-13-17/h4-13,18H,14-15H2,1-3H3,(H,22,23). The molecule has 2 aromatic carbocycles. The van der Waals surface area contributed by atoms with E-state index in [1.807, 2.05) is 57.2 Å². The molecule has 0 spiro atoms. The molecule has 0 aliphatic rings. The second-order valence-electron chi connectivity index (χ2n) is 7.00. The summed E-state index contributed by atoms with van der Waals surface area (Å²) in [5.41, 5.74) is 0.939. The largest absolute Gasteiger partial charge is 0.446 e. The molecule has 0 aliphatic carbocycles. The van der Waals surface area contributed by atoms with Crippen LogP contribution in [0.1, 0.15) is 36.7 Å². The lowest BCUT2D eigenvalue weighted by Gasteiger charge is -2.25. The van der Waals surface area contributed by atoms with Gasteiger partial charge >= 0.3 is 5.97 Å². The van der Waals surface area contributed by atoms with E-state index in [0.29, 0.717) is 12.2 Å². The quantitative estimate of drug-likeness (QED) is 0.774. The summed E-state index contributed by atoms with van der Waals surface area (Å²) in [5, 5.41) is 2.83. The Kier molecular flexibility index (Phi) is 6.92. The number of nitrogens with one attached hydrogen (secondary N) is 1. The zero-order valence-corrected chi connectivity index (χ0v) is 15.4. The second kappa shape index (κ2) is 9.15. The van der Waals surface area contributed by atoms with Crippen molar-refractivity contribution in [3.05, 3.63) is 71.8 Å². The number of carbonyl (C=O) groups is 2. The van der Waals surface area contributed by atoms with Crippen LogP contribution >= 0.6 is 0 Å². The molecule has 138 valence electrons. The maximum atomic E-state index is 12.5. The van der Waals surface area contributed by atoms with Crippen LogP contribution in [0, 0.1) is 0 Å². The Bertz CT molecular complexity index is 708.